The van der Waals surface area contributed by atoms with Crippen LogP contribution in [0.5, 0.6) is 0 Å². The highest BCUT2D eigenvalue weighted by Gasteiger charge is 2.35. The molecule has 1 saturated carbocycles. The van der Waals surface area contributed by atoms with Gasteiger partial charge in [0.2, 0.25) is 0 Å². The molecule has 0 aromatic carbocycles. The lowest BCUT2D eigenvalue weighted by Crippen LogP contribution is -2.40. The van der Waals surface area contributed by atoms with E-state index in [1.54, 1.807) is 0 Å². The van der Waals surface area contributed by atoms with Crippen molar-refractivity contribution in [2.45, 2.75) is 44.8 Å². The van der Waals surface area contributed by atoms with Crippen molar-refractivity contribution in [2.75, 3.05) is 12.3 Å². The fourth-order valence-electron chi connectivity index (χ4n) is 2.63. The second kappa shape index (κ2) is 5.30. The molecular weight excluding hydrogens is 210 g/mol. The largest absolute Gasteiger partial charge is 0.330 e. The van der Waals surface area contributed by atoms with Gasteiger partial charge in [0.05, 0.1) is 11.0 Å². The Morgan fingerprint density at radius 3 is 2.53 bits per heavy atom. The van der Waals surface area contributed by atoms with Gasteiger partial charge in [0.1, 0.15) is 0 Å². The highest BCUT2D eigenvalue weighted by atomic mass is 32.2. The summed E-state index contributed by atoms with van der Waals surface area (Å²) in [6.07, 6.45) is 3.53. The zero-order valence-electron chi connectivity index (χ0n) is 9.78. The van der Waals surface area contributed by atoms with Crippen LogP contribution in [-0.4, -0.2) is 26.0 Å². The molecule has 0 saturated heterocycles. The third kappa shape index (κ3) is 3.18. The Morgan fingerprint density at radius 2 is 2.00 bits per heavy atom. The van der Waals surface area contributed by atoms with E-state index in [2.05, 4.69) is 6.92 Å². The number of nitrogens with two attached hydrogens (primary N) is 1. The Bertz CT molecular complexity index is 287. The molecule has 3 nitrogen and oxygen atoms in total. The van der Waals surface area contributed by atoms with E-state index in [-0.39, 0.29) is 11.2 Å². The minimum Gasteiger partial charge on any atom is -0.330 e. The first-order chi connectivity index (χ1) is 7.01. The average Bonchev–Trinajstić information content (AvgIpc) is 2.17. The summed E-state index contributed by atoms with van der Waals surface area (Å²) < 4.78 is 24.0. The summed E-state index contributed by atoms with van der Waals surface area (Å²) in [5.41, 5.74) is 5.68. The quantitative estimate of drug-likeness (QED) is 0.802. The molecule has 90 valence electrons. The Labute approximate surface area is 93.3 Å². The molecular formula is C11H23NO2S. The monoisotopic (exact) mass is 233 g/mol. The Balaban J connectivity index is 2.75. The molecule has 3 atom stereocenters. The Kier molecular flexibility index (Phi) is 4.59. The number of rotatable bonds is 4. The van der Waals surface area contributed by atoms with Crippen LogP contribution in [0.1, 0.15) is 39.5 Å². The lowest BCUT2D eigenvalue weighted by Gasteiger charge is -2.33. The molecule has 0 bridgehead atoms. The van der Waals surface area contributed by atoms with Crippen molar-refractivity contribution in [2.24, 2.45) is 17.6 Å². The first kappa shape index (κ1) is 13.0. The summed E-state index contributed by atoms with van der Waals surface area (Å²) in [5.74, 6) is 1.14. The molecule has 0 spiro atoms. The molecule has 0 amide bonds. The Morgan fingerprint density at radius 1 is 1.33 bits per heavy atom. The van der Waals surface area contributed by atoms with E-state index in [1.165, 1.54) is 0 Å². The molecule has 0 radical (unpaired) electrons. The van der Waals surface area contributed by atoms with Crippen LogP contribution in [0.4, 0.5) is 0 Å². The van der Waals surface area contributed by atoms with Gasteiger partial charge >= 0.3 is 0 Å². The van der Waals surface area contributed by atoms with E-state index >= 15 is 0 Å². The standard InChI is InChI=1S/C11H23NO2S/c1-3-6-15(13,14)11-5-4-9(2)7-10(11)8-12/h9-11H,3-8,12H2,1-2H3. The van der Waals surface area contributed by atoms with E-state index in [4.69, 9.17) is 5.73 Å². The molecule has 1 aliphatic carbocycles. The van der Waals surface area contributed by atoms with Gasteiger partial charge in [-0.15, -0.1) is 0 Å². The maximum Gasteiger partial charge on any atom is 0.153 e. The second-order valence-corrected chi connectivity index (χ2v) is 7.16. The maximum atomic E-state index is 12.0. The molecule has 15 heavy (non-hydrogen) atoms. The minimum atomic E-state index is -2.90. The molecule has 1 rings (SSSR count). The average molecular weight is 233 g/mol. The third-order valence-corrected chi connectivity index (χ3v) is 5.95. The van der Waals surface area contributed by atoms with E-state index in [0.29, 0.717) is 24.6 Å². The van der Waals surface area contributed by atoms with E-state index in [0.717, 1.165) is 19.3 Å². The van der Waals surface area contributed by atoms with Crippen LogP contribution in [0.25, 0.3) is 0 Å². The molecule has 1 aliphatic rings. The van der Waals surface area contributed by atoms with Gasteiger partial charge < -0.3 is 5.73 Å². The van der Waals surface area contributed by atoms with Crippen molar-refractivity contribution in [1.82, 2.24) is 0 Å². The zero-order valence-corrected chi connectivity index (χ0v) is 10.6. The van der Waals surface area contributed by atoms with Crippen LogP contribution in [-0.2, 0) is 9.84 Å². The highest BCUT2D eigenvalue weighted by Crippen LogP contribution is 2.33. The summed E-state index contributed by atoms with van der Waals surface area (Å²) in [6, 6.07) is 0. The Hall–Kier alpha value is -0.0900. The van der Waals surface area contributed by atoms with Gasteiger partial charge in [-0.2, -0.15) is 0 Å². The van der Waals surface area contributed by atoms with Gasteiger partial charge in [0, 0.05) is 0 Å². The molecule has 3 unspecified atom stereocenters. The first-order valence-electron chi connectivity index (χ1n) is 5.92. The van der Waals surface area contributed by atoms with Crippen molar-refractivity contribution in [3.05, 3.63) is 0 Å². The normalized spacial score (nSPS) is 32.9. The summed E-state index contributed by atoms with van der Waals surface area (Å²) in [6.45, 7) is 4.61. The first-order valence-corrected chi connectivity index (χ1v) is 7.64. The molecule has 0 aromatic rings. The summed E-state index contributed by atoms with van der Waals surface area (Å²) in [5, 5.41) is -0.168. The van der Waals surface area contributed by atoms with Crippen LogP contribution in [0.3, 0.4) is 0 Å². The number of sulfone groups is 1. The fraction of sp³-hybridized carbons (Fsp3) is 1.00. The van der Waals surface area contributed by atoms with Gasteiger partial charge in [0.25, 0.3) is 0 Å². The smallest absolute Gasteiger partial charge is 0.153 e. The molecule has 1 fully saturated rings. The predicted molar refractivity (Wildman–Crippen MR) is 63.4 cm³/mol. The van der Waals surface area contributed by atoms with Gasteiger partial charge in [-0.05, 0) is 44.1 Å². The summed E-state index contributed by atoms with van der Waals surface area (Å²) in [7, 11) is -2.90. The number of hydrogen-bond acceptors (Lipinski definition) is 3. The van der Waals surface area contributed by atoms with Crippen LogP contribution in [0.15, 0.2) is 0 Å². The second-order valence-electron chi connectivity index (χ2n) is 4.82. The molecule has 0 heterocycles. The zero-order chi connectivity index (χ0) is 11.5. The van der Waals surface area contributed by atoms with E-state index < -0.39 is 9.84 Å². The van der Waals surface area contributed by atoms with E-state index in [1.807, 2.05) is 6.92 Å². The van der Waals surface area contributed by atoms with Crippen LogP contribution < -0.4 is 5.73 Å². The number of hydrogen-bond donors (Lipinski definition) is 1. The molecule has 4 heteroatoms. The van der Waals surface area contributed by atoms with Crippen molar-refractivity contribution in [3.63, 3.8) is 0 Å². The predicted octanol–water partition coefficient (Wildman–Crippen LogP) is 1.57. The fourth-order valence-corrected chi connectivity index (χ4v) is 4.80. The van der Waals surface area contributed by atoms with Gasteiger partial charge in [-0.1, -0.05) is 13.8 Å². The van der Waals surface area contributed by atoms with Gasteiger partial charge in [-0.25, -0.2) is 8.42 Å². The topological polar surface area (TPSA) is 60.2 Å². The van der Waals surface area contributed by atoms with Crippen molar-refractivity contribution < 1.29 is 8.42 Å². The molecule has 0 aliphatic heterocycles. The molecule has 0 aromatic heterocycles. The van der Waals surface area contributed by atoms with Crippen molar-refractivity contribution in [3.8, 4) is 0 Å². The van der Waals surface area contributed by atoms with Gasteiger partial charge in [0.15, 0.2) is 9.84 Å². The summed E-state index contributed by atoms with van der Waals surface area (Å²) >= 11 is 0. The van der Waals surface area contributed by atoms with Crippen LogP contribution >= 0.6 is 0 Å². The van der Waals surface area contributed by atoms with Crippen LogP contribution in [0, 0.1) is 11.8 Å². The lowest BCUT2D eigenvalue weighted by molar-refractivity contribution is 0.289. The van der Waals surface area contributed by atoms with Crippen LogP contribution in [0.2, 0.25) is 0 Å². The third-order valence-electron chi connectivity index (χ3n) is 3.43. The van der Waals surface area contributed by atoms with E-state index in [9.17, 15) is 8.42 Å². The summed E-state index contributed by atoms with van der Waals surface area (Å²) in [4.78, 5) is 0. The maximum absolute atomic E-state index is 12.0. The minimum absolute atomic E-state index is 0.168. The lowest BCUT2D eigenvalue weighted by atomic mass is 9.82. The molecule has 2 N–H and O–H groups in total. The van der Waals surface area contributed by atoms with Crippen molar-refractivity contribution >= 4 is 9.84 Å². The SMILES string of the molecule is CCCS(=O)(=O)C1CCC(C)CC1CN. The highest BCUT2D eigenvalue weighted by molar-refractivity contribution is 7.92. The van der Waals surface area contributed by atoms with Gasteiger partial charge in [-0.3, -0.25) is 0 Å². The van der Waals surface area contributed by atoms with Crippen molar-refractivity contribution in [1.29, 1.82) is 0 Å².